The number of halogens is 1. The number of nitrogen functional groups attached to an aromatic ring is 1. The lowest BCUT2D eigenvalue weighted by molar-refractivity contribution is 0.527. The maximum atomic E-state index is 12.8. The average Bonchev–Trinajstić information content (AvgIpc) is 2.47. The largest absolute Gasteiger partial charge is 0.382 e. The molecule has 2 heterocycles. The zero-order valence-corrected chi connectivity index (χ0v) is 7.05. The molecule has 0 aromatic carbocycles. The SMILES string of the molecule is Nc1nc(F)nc2c1ncn2C(N)N. The van der Waals surface area contributed by atoms with Crippen LogP contribution >= 0.6 is 0 Å². The van der Waals surface area contributed by atoms with E-state index in [1.807, 2.05) is 0 Å². The second-order valence-corrected chi connectivity index (χ2v) is 2.69. The first-order valence-corrected chi connectivity index (χ1v) is 3.76. The highest BCUT2D eigenvalue weighted by Crippen LogP contribution is 2.16. The minimum Gasteiger partial charge on any atom is -0.382 e. The normalized spacial score (nSPS) is 11.4. The smallest absolute Gasteiger partial charge is 0.312 e. The third-order valence-corrected chi connectivity index (χ3v) is 1.74. The quantitative estimate of drug-likeness (QED) is 0.395. The molecule has 0 bridgehead atoms. The van der Waals surface area contributed by atoms with Crippen LogP contribution in [0.25, 0.3) is 11.2 Å². The fourth-order valence-corrected chi connectivity index (χ4v) is 1.13. The van der Waals surface area contributed by atoms with E-state index < -0.39 is 12.4 Å². The molecular formula is C6H8FN7. The van der Waals surface area contributed by atoms with E-state index in [4.69, 9.17) is 17.2 Å². The number of hydrogen-bond donors (Lipinski definition) is 3. The van der Waals surface area contributed by atoms with E-state index in [2.05, 4.69) is 15.0 Å². The Labute approximate surface area is 77.7 Å². The monoisotopic (exact) mass is 197 g/mol. The molecule has 6 N–H and O–H groups in total. The standard InChI is InChI=1S/C6H8FN7/c7-5-12-3(8)2-4(13-5)14(1-11-2)6(9)10/h1,6H,9-10H2,(H2,8,12,13). The van der Waals surface area contributed by atoms with Crippen LogP contribution in [0.1, 0.15) is 6.29 Å². The summed E-state index contributed by atoms with van der Waals surface area (Å²) in [5.41, 5.74) is 16.7. The number of nitrogens with two attached hydrogens (primary N) is 3. The molecule has 0 aliphatic heterocycles. The van der Waals surface area contributed by atoms with Crippen molar-refractivity contribution in [3.63, 3.8) is 0 Å². The Morgan fingerprint density at radius 3 is 2.71 bits per heavy atom. The van der Waals surface area contributed by atoms with Gasteiger partial charge in [0.25, 0.3) is 0 Å². The molecular weight excluding hydrogens is 189 g/mol. The van der Waals surface area contributed by atoms with Gasteiger partial charge in [-0.05, 0) is 0 Å². The minimum absolute atomic E-state index is 0.0353. The van der Waals surface area contributed by atoms with Gasteiger partial charge in [0.05, 0.1) is 6.33 Å². The predicted octanol–water partition coefficient (Wildman–Crippen LogP) is -1.08. The van der Waals surface area contributed by atoms with Crippen molar-refractivity contribution >= 4 is 17.0 Å². The van der Waals surface area contributed by atoms with Gasteiger partial charge >= 0.3 is 6.08 Å². The number of imidazole rings is 1. The van der Waals surface area contributed by atoms with E-state index >= 15 is 0 Å². The second-order valence-electron chi connectivity index (χ2n) is 2.69. The van der Waals surface area contributed by atoms with Gasteiger partial charge in [-0.2, -0.15) is 14.4 Å². The Hall–Kier alpha value is -1.80. The average molecular weight is 197 g/mol. The first kappa shape index (κ1) is 8.78. The van der Waals surface area contributed by atoms with Crippen molar-refractivity contribution in [3.05, 3.63) is 12.4 Å². The van der Waals surface area contributed by atoms with Gasteiger partial charge in [0.1, 0.15) is 6.29 Å². The van der Waals surface area contributed by atoms with Crippen LogP contribution in [0.4, 0.5) is 10.2 Å². The predicted molar refractivity (Wildman–Crippen MR) is 47.1 cm³/mol. The van der Waals surface area contributed by atoms with Crippen molar-refractivity contribution in [2.45, 2.75) is 6.29 Å². The lowest BCUT2D eigenvalue weighted by Crippen LogP contribution is -2.27. The molecule has 0 fully saturated rings. The van der Waals surface area contributed by atoms with Crippen molar-refractivity contribution in [2.75, 3.05) is 5.73 Å². The number of nitrogens with zero attached hydrogens (tertiary/aromatic N) is 4. The first-order valence-electron chi connectivity index (χ1n) is 3.76. The van der Waals surface area contributed by atoms with Gasteiger partial charge in [0.2, 0.25) is 0 Å². The van der Waals surface area contributed by atoms with Gasteiger partial charge in [-0.15, -0.1) is 0 Å². The van der Waals surface area contributed by atoms with E-state index in [1.54, 1.807) is 0 Å². The van der Waals surface area contributed by atoms with Crippen LogP contribution < -0.4 is 17.2 Å². The number of rotatable bonds is 1. The van der Waals surface area contributed by atoms with Gasteiger partial charge in [0.15, 0.2) is 17.0 Å². The number of aromatic nitrogens is 4. The molecule has 0 saturated heterocycles. The van der Waals surface area contributed by atoms with Crippen molar-refractivity contribution in [1.29, 1.82) is 0 Å². The maximum absolute atomic E-state index is 12.8. The summed E-state index contributed by atoms with van der Waals surface area (Å²) in [6, 6.07) is 0. The number of anilines is 1. The first-order chi connectivity index (χ1) is 6.59. The topological polar surface area (TPSA) is 122 Å². The summed E-state index contributed by atoms with van der Waals surface area (Å²) in [5.74, 6) is -0.0353. The molecule has 0 saturated carbocycles. The van der Waals surface area contributed by atoms with Crippen molar-refractivity contribution in [3.8, 4) is 0 Å². The van der Waals surface area contributed by atoms with Gasteiger partial charge < -0.3 is 5.73 Å². The minimum atomic E-state index is -0.933. The van der Waals surface area contributed by atoms with Crippen molar-refractivity contribution in [2.24, 2.45) is 11.5 Å². The Balaban J connectivity index is 2.78. The van der Waals surface area contributed by atoms with E-state index in [-0.39, 0.29) is 17.0 Å². The van der Waals surface area contributed by atoms with E-state index in [0.29, 0.717) is 0 Å². The zero-order chi connectivity index (χ0) is 10.3. The molecule has 2 rings (SSSR count). The number of fused-ring (bicyclic) bond motifs is 1. The third kappa shape index (κ3) is 1.17. The molecule has 0 aliphatic rings. The molecule has 2 aromatic rings. The van der Waals surface area contributed by atoms with Crippen LogP contribution in [-0.4, -0.2) is 19.5 Å². The lowest BCUT2D eigenvalue weighted by Gasteiger charge is -2.06. The third-order valence-electron chi connectivity index (χ3n) is 1.74. The fourth-order valence-electron chi connectivity index (χ4n) is 1.13. The molecule has 0 spiro atoms. The van der Waals surface area contributed by atoms with Crippen LogP contribution in [0.5, 0.6) is 0 Å². The number of hydrogen-bond acceptors (Lipinski definition) is 6. The zero-order valence-electron chi connectivity index (χ0n) is 7.05. The van der Waals surface area contributed by atoms with Crippen LogP contribution in [0.2, 0.25) is 0 Å². The molecule has 2 aromatic heterocycles. The summed E-state index contributed by atoms with van der Waals surface area (Å²) in [7, 11) is 0. The van der Waals surface area contributed by atoms with Gasteiger partial charge in [-0.1, -0.05) is 0 Å². The summed E-state index contributed by atoms with van der Waals surface area (Å²) in [6.07, 6.45) is -0.439. The van der Waals surface area contributed by atoms with Crippen LogP contribution in [0.3, 0.4) is 0 Å². The Bertz CT molecular complexity index is 476. The summed E-state index contributed by atoms with van der Waals surface area (Å²) >= 11 is 0. The molecule has 0 radical (unpaired) electrons. The molecule has 0 aliphatic carbocycles. The molecule has 8 heteroatoms. The van der Waals surface area contributed by atoms with Crippen LogP contribution in [0, 0.1) is 6.08 Å². The summed E-state index contributed by atoms with van der Waals surface area (Å²) in [4.78, 5) is 10.7. The fraction of sp³-hybridized carbons (Fsp3) is 0.167. The maximum Gasteiger partial charge on any atom is 0.312 e. The van der Waals surface area contributed by atoms with E-state index in [9.17, 15) is 4.39 Å². The van der Waals surface area contributed by atoms with Crippen molar-refractivity contribution < 1.29 is 4.39 Å². The Morgan fingerprint density at radius 2 is 2.07 bits per heavy atom. The van der Waals surface area contributed by atoms with Crippen LogP contribution in [0.15, 0.2) is 6.33 Å². The van der Waals surface area contributed by atoms with E-state index in [0.717, 1.165) is 0 Å². The van der Waals surface area contributed by atoms with E-state index in [1.165, 1.54) is 10.9 Å². The molecule has 0 amide bonds. The Morgan fingerprint density at radius 1 is 1.36 bits per heavy atom. The molecule has 7 nitrogen and oxygen atoms in total. The summed E-state index contributed by atoms with van der Waals surface area (Å²) in [6.45, 7) is 0. The van der Waals surface area contributed by atoms with Gasteiger partial charge in [0, 0.05) is 0 Å². The lowest BCUT2D eigenvalue weighted by atomic mass is 10.5. The molecule has 74 valence electrons. The summed E-state index contributed by atoms with van der Waals surface area (Å²) in [5, 5.41) is 0. The highest BCUT2D eigenvalue weighted by Gasteiger charge is 2.12. The molecule has 0 atom stereocenters. The van der Waals surface area contributed by atoms with Crippen LogP contribution in [-0.2, 0) is 0 Å². The van der Waals surface area contributed by atoms with Gasteiger partial charge in [-0.3, -0.25) is 16.0 Å². The highest BCUT2D eigenvalue weighted by molar-refractivity contribution is 5.81. The van der Waals surface area contributed by atoms with Crippen molar-refractivity contribution in [1.82, 2.24) is 19.5 Å². The molecule has 0 unspecified atom stereocenters. The highest BCUT2D eigenvalue weighted by atomic mass is 19.1. The second kappa shape index (κ2) is 2.86. The molecule has 14 heavy (non-hydrogen) atoms. The Kier molecular flexibility index (Phi) is 1.79. The summed E-state index contributed by atoms with van der Waals surface area (Å²) < 4.78 is 14.1. The van der Waals surface area contributed by atoms with Gasteiger partial charge in [-0.25, -0.2) is 4.98 Å².